The third-order valence-electron chi connectivity index (χ3n) is 2.57. The van der Waals surface area contributed by atoms with E-state index in [2.05, 4.69) is 4.72 Å². The summed E-state index contributed by atoms with van der Waals surface area (Å²) in [7, 11) is -3.30. The van der Waals surface area contributed by atoms with E-state index >= 15 is 0 Å². The summed E-state index contributed by atoms with van der Waals surface area (Å²) >= 11 is 5.50. The Morgan fingerprint density at radius 1 is 1.06 bits per heavy atom. The van der Waals surface area contributed by atoms with E-state index in [1.54, 1.807) is 6.07 Å². The molecule has 0 aliphatic heterocycles. The molecule has 2 aromatic rings. The minimum atomic E-state index is -3.30. The predicted octanol–water partition coefficient (Wildman–Crippen LogP) is 3.21. The molecule has 0 spiro atoms. The Hall–Kier alpha value is -1.26. The van der Waals surface area contributed by atoms with Crippen LogP contribution in [-0.4, -0.2) is 20.1 Å². The first-order chi connectivity index (χ1) is 8.61. The summed E-state index contributed by atoms with van der Waals surface area (Å²) in [5, 5.41) is 2.09. The van der Waals surface area contributed by atoms with Crippen LogP contribution in [0.3, 0.4) is 0 Å². The van der Waals surface area contributed by atoms with Crippen LogP contribution in [0, 0.1) is 0 Å². The molecule has 0 heterocycles. The summed E-state index contributed by atoms with van der Waals surface area (Å²) in [6.45, 7) is 0. The molecule has 0 fully saturated rings. The van der Waals surface area contributed by atoms with Crippen molar-refractivity contribution in [3.8, 4) is 0 Å². The lowest BCUT2D eigenvalue weighted by atomic mass is 10.1. The van der Waals surface area contributed by atoms with Crippen LogP contribution in [0.2, 0.25) is 0 Å². The number of benzene rings is 2. The van der Waals surface area contributed by atoms with E-state index in [4.69, 9.17) is 11.6 Å². The maximum Gasteiger partial charge on any atom is 0.232 e. The number of nitrogens with one attached hydrogen (secondary N) is 1. The quantitative estimate of drug-likeness (QED) is 0.857. The second kappa shape index (κ2) is 5.59. The molecule has 0 aliphatic carbocycles. The Balaban J connectivity index is 2.22. The molecule has 0 aromatic heterocycles. The molecule has 5 heteroatoms. The van der Waals surface area contributed by atoms with Crippen molar-refractivity contribution in [2.24, 2.45) is 0 Å². The summed E-state index contributed by atoms with van der Waals surface area (Å²) in [5.74, 6) is 0.391. The van der Waals surface area contributed by atoms with E-state index in [-0.39, 0.29) is 5.75 Å². The molecule has 1 N–H and O–H groups in total. The molecule has 18 heavy (non-hydrogen) atoms. The highest BCUT2D eigenvalue weighted by molar-refractivity contribution is 7.92. The van der Waals surface area contributed by atoms with Crippen molar-refractivity contribution in [3.63, 3.8) is 0 Å². The van der Waals surface area contributed by atoms with Gasteiger partial charge in [0, 0.05) is 11.6 Å². The fourth-order valence-corrected chi connectivity index (χ4v) is 3.13. The fourth-order valence-electron chi connectivity index (χ4n) is 1.73. The second-order valence-corrected chi connectivity index (χ2v) is 6.25. The van der Waals surface area contributed by atoms with Gasteiger partial charge in [0.1, 0.15) is 0 Å². The van der Waals surface area contributed by atoms with Crippen molar-refractivity contribution < 1.29 is 8.42 Å². The van der Waals surface area contributed by atoms with Gasteiger partial charge < -0.3 is 0 Å². The van der Waals surface area contributed by atoms with Gasteiger partial charge in [-0.05, 0) is 29.3 Å². The van der Waals surface area contributed by atoms with Crippen LogP contribution < -0.4 is 4.72 Å². The van der Waals surface area contributed by atoms with E-state index in [1.165, 1.54) is 0 Å². The molecule has 0 radical (unpaired) electrons. The van der Waals surface area contributed by atoms with Crippen molar-refractivity contribution in [2.45, 2.75) is 6.42 Å². The molecule has 3 nitrogen and oxygen atoms in total. The fraction of sp³-hybridized carbons (Fsp3) is 0.231. The molecule has 2 rings (SSSR count). The third kappa shape index (κ3) is 3.37. The molecular weight excluding hydrogens is 270 g/mol. The summed E-state index contributed by atoms with van der Waals surface area (Å²) in [4.78, 5) is 0. The highest BCUT2D eigenvalue weighted by atomic mass is 35.5. The van der Waals surface area contributed by atoms with Gasteiger partial charge in [0.15, 0.2) is 0 Å². The molecule has 0 unspecified atom stereocenters. The van der Waals surface area contributed by atoms with Gasteiger partial charge in [0.05, 0.1) is 5.75 Å². The Bertz CT molecular complexity index is 640. The Kier molecular flexibility index (Phi) is 4.09. The maximum atomic E-state index is 11.7. The molecule has 0 amide bonds. The minimum absolute atomic E-state index is 0.0450. The average molecular weight is 284 g/mol. The number of anilines is 1. The van der Waals surface area contributed by atoms with Crippen LogP contribution in [0.4, 0.5) is 5.69 Å². The minimum Gasteiger partial charge on any atom is -0.284 e. The highest BCUT2D eigenvalue weighted by Crippen LogP contribution is 2.19. The third-order valence-corrected chi connectivity index (χ3v) is 4.21. The monoisotopic (exact) mass is 283 g/mol. The van der Waals surface area contributed by atoms with Crippen molar-refractivity contribution in [3.05, 3.63) is 42.5 Å². The van der Waals surface area contributed by atoms with Crippen LogP contribution >= 0.6 is 11.6 Å². The predicted molar refractivity (Wildman–Crippen MR) is 76.7 cm³/mol. The maximum absolute atomic E-state index is 11.7. The summed E-state index contributed by atoms with van der Waals surface area (Å²) < 4.78 is 26.0. The molecule has 0 saturated heterocycles. The van der Waals surface area contributed by atoms with Gasteiger partial charge in [-0.1, -0.05) is 30.3 Å². The van der Waals surface area contributed by atoms with E-state index < -0.39 is 10.0 Å². The standard InChI is InChI=1S/C13H14ClNO2S/c14-8-3-9-18(16,17)15-13-7-6-11-4-1-2-5-12(11)10-13/h1-2,4-7,10,15H,3,8-9H2. The first kappa shape index (κ1) is 13.2. The van der Waals surface area contributed by atoms with Gasteiger partial charge in [-0.2, -0.15) is 0 Å². The van der Waals surface area contributed by atoms with E-state index in [1.807, 2.05) is 36.4 Å². The van der Waals surface area contributed by atoms with Crippen molar-refractivity contribution in [2.75, 3.05) is 16.4 Å². The largest absolute Gasteiger partial charge is 0.284 e. The van der Waals surface area contributed by atoms with E-state index in [9.17, 15) is 8.42 Å². The number of fused-ring (bicyclic) bond motifs is 1. The van der Waals surface area contributed by atoms with Gasteiger partial charge >= 0.3 is 0 Å². The Labute approximate surface area is 112 Å². The smallest absolute Gasteiger partial charge is 0.232 e. The zero-order chi connectivity index (χ0) is 13.0. The first-order valence-electron chi connectivity index (χ1n) is 5.66. The molecule has 0 atom stereocenters. The molecule has 2 aromatic carbocycles. The van der Waals surface area contributed by atoms with Gasteiger partial charge in [0.2, 0.25) is 10.0 Å². The molecular formula is C13H14ClNO2S. The van der Waals surface area contributed by atoms with Gasteiger partial charge in [-0.15, -0.1) is 11.6 Å². The summed E-state index contributed by atoms with van der Waals surface area (Å²) in [6.07, 6.45) is 0.449. The average Bonchev–Trinajstić information content (AvgIpc) is 2.36. The van der Waals surface area contributed by atoms with Crippen molar-refractivity contribution >= 4 is 38.1 Å². The van der Waals surface area contributed by atoms with Crippen LogP contribution in [-0.2, 0) is 10.0 Å². The lowest BCUT2D eigenvalue weighted by Crippen LogP contribution is -2.16. The van der Waals surface area contributed by atoms with Gasteiger partial charge in [-0.25, -0.2) is 8.42 Å². The van der Waals surface area contributed by atoms with Crippen LogP contribution in [0.1, 0.15) is 6.42 Å². The normalized spacial score (nSPS) is 11.6. The zero-order valence-electron chi connectivity index (χ0n) is 9.77. The molecule has 96 valence electrons. The van der Waals surface area contributed by atoms with Crippen LogP contribution in [0.5, 0.6) is 0 Å². The Morgan fingerprint density at radius 3 is 2.50 bits per heavy atom. The SMILES string of the molecule is O=S(=O)(CCCCl)Nc1ccc2ccccc2c1. The van der Waals surface area contributed by atoms with E-state index in [0.717, 1.165) is 10.8 Å². The Morgan fingerprint density at radius 2 is 1.78 bits per heavy atom. The highest BCUT2D eigenvalue weighted by Gasteiger charge is 2.09. The number of halogens is 1. The van der Waals surface area contributed by atoms with Crippen LogP contribution in [0.25, 0.3) is 10.8 Å². The summed E-state index contributed by atoms with van der Waals surface area (Å²) in [5.41, 5.74) is 0.586. The first-order valence-corrected chi connectivity index (χ1v) is 7.85. The number of hydrogen-bond acceptors (Lipinski definition) is 2. The van der Waals surface area contributed by atoms with E-state index in [0.29, 0.717) is 18.0 Å². The number of hydrogen-bond donors (Lipinski definition) is 1. The number of sulfonamides is 1. The van der Waals surface area contributed by atoms with Crippen LogP contribution in [0.15, 0.2) is 42.5 Å². The topological polar surface area (TPSA) is 46.2 Å². The van der Waals surface area contributed by atoms with Crippen molar-refractivity contribution in [1.82, 2.24) is 0 Å². The number of alkyl halides is 1. The van der Waals surface area contributed by atoms with Gasteiger partial charge in [-0.3, -0.25) is 4.72 Å². The molecule has 0 bridgehead atoms. The second-order valence-electron chi connectivity index (χ2n) is 4.03. The lowest BCUT2D eigenvalue weighted by molar-refractivity contribution is 0.600. The van der Waals surface area contributed by atoms with Gasteiger partial charge in [0.25, 0.3) is 0 Å². The number of rotatable bonds is 5. The molecule has 0 saturated carbocycles. The van der Waals surface area contributed by atoms with Crippen molar-refractivity contribution in [1.29, 1.82) is 0 Å². The molecule has 0 aliphatic rings. The lowest BCUT2D eigenvalue weighted by Gasteiger charge is -2.08. The zero-order valence-corrected chi connectivity index (χ0v) is 11.3. The summed E-state index contributed by atoms with van der Waals surface area (Å²) in [6, 6.07) is 13.3.